The van der Waals surface area contributed by atoms with Gasteiger partial charge in [0.25, 0.3) is 11.1 Å². The summed E-state index contributed by atoms with van der Waals surface area (Å²) in [6.45, 7) is -0.103. The van der Waals surface area contributed by atoms with Gasteiger partial charge >= 0.3 is 0 Å². The van der Waals surface area contributed by atoms with Crippen molar-refractivity contribution in [2.24, 2.45) is 0 Å². The third kappa shape index (κ3) is 3.87. The summed E-state index contributed by atoms with van der Waals surface area (Å²) in [6.07, 6.45) is 1.60. The largest absolute Gasteiger partial charge is 0.495 e. The number of thioether (sulfide) groups is 1. The van der Waals surface area contributed by atoms with Gasteiger partial charge in [0.15, 0.2) is 0 Å². The number of imide groups is 1. The fraction of sp³-hybridized carbons (Fsp3) is 0.111. The van der Waals surface area contributed by atoms with Crippen molar-refractivity contribution in [3.8, 4) is 5.75 Å². The maximum Gasteiger partial charge on any atom is 0.293 e. The van der Waals surface area contributed by atoms with Crippen LogP contribution < -0.4 is 4.74 Å². The highest BCUT2D eigenvalue weighted by Crippen LogP contribution is 2.38. The number of halogens is 3. The Labute approximate surface area is 170 Å². The topological polar surface area (TPSA) is 46.6 Å². The van der Waals surface area contributed by atoms with Gasteiger partial charge in [0.05, 0.1) is 23.0 Å². The summed E-state index contributed by atoms with van der Waals surface area (Å²) in [5.41, 5.74) is 0.934. The lowest BCUT2D eigenvalue weighted by molar-refractivity contribution is -0.123. The van der Waals surface area contributed by atoms with Crippen LogP contribution in [0.1, 0.15) is 11.1 Å². The third-order valence-electron chi connectivity index (χ3n) is 3.69. The summed E-state index contributed by atoms with van der Waals surface area (Å²) in [4.78, 5) is 26.2. The first-order chi connectivity index (χ1) is 12.4. The number of carbonyl (C=O) groups excluding carboxylic acids is 2. The molecule has 1 aliphatic heterocycles. The molecule has 0 bridgehead atoms. The molecule has 0 aromatic heterocycles. The minimum Gasteiger partial charge on any atom is -0.495 e. The summed E-state index contributed by atoms with van der Waals surface area (Å²) < 4.78 is 20.7. The van der Waals surface area contributed by atoms with Crippen molar-refractivity contribution < 1.29 is 18.7 Å². The molecule has 0 saturated carbocycles. The minimum atomic E-state index is -0.457. The fourth-order valence-electron chi connectivity index (χ4n) is 2.48. The zero-order valence-electron chi connectivity index (χ0n) is 13.5. The van der Waals surface area contributed by atoms with Crippen molar-refractivity contribution in [2.75, 3.05) is 7.11 Å². The Morgan fingerprint density at radius 2 is 1.96 bits per heavy atom. The molecule has 4 nitrogen and oxygen atoms in total. The van der Waals surface area contributed by atoms with E-state index in [9.17, 15) is 14.0 Å². The monoisotopic (exact) mass is 499 g/mol. The molecule has 2 amide bonds. The summed E-state index contributed by atoms with van der Waals surface area (Å²) in [6, 6.07) is 9.68. The van der Waals surface area contributed by atoms with Gasteiger partial charge in [0.2, 0.25) is 0 Å². The van der Waals surface area contributed by atoms with Crippen LogP contribution in [0.3, 0.4) is 0 Å². The minimum absolute atomic E-state index is 0.103. The second kappa shape index (κ2) is 7.94. The fourth-order valence-corrected chi connectivity index (χ4v) is 4.73. The van der Waals surface area contributed by atoms with Gasteiger partial charge in [0.1, 0.15) is 11.6 Å². The lowest BCUT2D eigenvalue weighted by Gasteiger charge is -2.13. The van der Waals surface area contributed by atoms with E-state index in [0.29, 0.717) is 21.3 Å². The SMILES string of the molecule is COc1c(Br)cc(Br)cc1/C=C1/SC(=O)N(Cc2ccccc2F)C1=O. The zero-order valence-corrected chi connectivity index (χ0v) is 17.5. The second-order valence-corrected chi connectivity index (χ2v) is 8.13. The van der Waals surface area contributed by atoms with Gasteiger partial charge in [0, 0.05) is 15.6 Å². The van der Waals surface area contributed by atoms with Crippen LogP contribution in [0.15, 0.2) is 50.2 Å². The Kier molecular flexibility index (Phi) is 5.84. The first-order valence-corrected chi connectivity index (χ1v) is 9.82. The number of ether oxygens (including phenoxy) is 1. The van der Waals surface area contributed by atoms with Crippen molar-refractivity contribution >= 4 is 60.8 Å². The molecule has 134 valence electrons. The Bertz CT molecular complexity index is 933. The first kappa shape index (κ1) is 19.1. The lowest BCUT2D eigenvalue weighted by atomic mass is 10.1. The summed E-state index contributed by atoms with van der Waals surface area (Å²) in [5, 5.41) is -0.433. The van der Waals surface area contributed by atoms with Crippen molar-refractivity contribution in [3.05, 3.63) is 67.2 Å². The first-order valence-electron chi connectivity index (χ1n) is 7.42. The highest BCUT2D eigenvalue weighted by atomic mass is 79.9. The molecule has 26 heavy (non-hydrogen) atoms. The normalized spacial score (nSPS) is 15.8. The van der Waals surface area contributed by atoms with E-state index in [1.165, 1.54) is 13.2 Å². The number of benzene rings is 2. The van der Waals surface area contributed by atoms with E-state index in [-0.39, 0.29) is 11.4 Å². The molecule has 0 N–H and O–H groups in total. The van der Waals surface area contributed by atoms with Gasteiger partial charge in [-0.25, -0.2) is 4.39 Å². The van der Waals surface area contributed by atoms with Crippen LogP contribution in [-0.2, 0) is 11.3 Å². The molecule has 0 aliphatic carbocycles. The average molecular weight is 501 g/mol. The molecular weight excluding hydrogens is 489 g/mol. The van der Waals surface area contributed by atoms with Crippen molar-refractivity contribution in [1.82, 2.24) is 4.90 Å². The predicted octanol–water partition coefficient (Wildman–Crippen LogP) is 5.60. The average Bonchev–Trinajstić information content (AvgIpc) is 2.84. The predicted molar refractivity (Wildman–Crippen MR) is 106 cm³/mol. The highest BCUT2D eigenvalue weighted by molar-refractivity contribution is 9.11. The van der Waals surface area contributed by atoms with Crippen LogP contribution in [0.4, 0.5) is 9.18 Å². The zero-order chi connectivity index (χ0) is 18.8. The Morgan fingerprint density at radius 1 is 1.23 bits per heavy atom. The lowest BCUT2D eigenvalue weighted by Crippen LogP contribution is -2.27. The van der Waals surface area contributed by atoms with E-state index in [4.69, 9.17) is 4.74 Å². The molecule has 1 aliphatic rings. The molecule has 3 rings (SSSR count). The Morgan fingerprint density at radius 3 is 2.65 bits per heavy atom. The summed E-state index contributed by atoms with van der Waals surface area (Å²) >= 11 is 7.62. The number of hydrogen-bond acceptors (Lipinski definition) is 4. The highest BCUT2D eigenvalue weighted by Gasteiger charge is 2.35. The molecule has 0 radical (unpaired) electrons. The van der Waals surface area contributed by atoms with Crippen molar-refractivity contribution in [2.45, 2.75) is 6.54 Å². The number of carbonyl (C=O) groups is 2. The maximum atomic E-state index is 13.8. The smallest absolute Gasteiger partial charge is 0.293 e. The van der Waals surface area contributed by atoms with Crippen LogP contribution in [0, 0.1) is 5.82 Å². The Balaban J connectivity index is 1.92. The van der Waals surface area contributed by atoms with Gasteiger partial charge in [-0.2, -0.15) is 0 Å². The molecule has 0 atom stereocenters. The molecule has 1 saturated heterocycles. The molecule has 1 heterocycles. The molecular formula is C18H12Br2FNO3S. The molecule has 0 unspecified atom stereocenters. The van der Waals surface area contributed by atoms with Crippen molar-refractivity contribution in [3.63, 3.8) is 0 Å². The van der Waals surface area contributed by atoms with E-state index >= 15 is 0 Å². The summed E-state index contributed by atoms with van der Waals surface area (Å²) in [7, 11) is 1.52. The maximum absolute atomic E-state index is 13.8. The van der Waals surface area contributed by atoms with Gasteiger partial charge in [-0.1, -0.05) is 34.1 Å². The Hall–Kier alpha value is -1.64. The molecule has 0 spiro atoms. The van der Waals surface area contributed by atoms with Crippen LogP contribution in [0.25, 0.3) is 6.08 Å². The molecule has 2 aromatic carbocycles. The van der Waals surface area contributed by atoms with Gasteiger partial charge in [-0.3, -0.25) is 14.5 Å². The van der Waals surface area contributed by atoms with Gasteiger partial charge in [-0.05, 0) is 52.0 Å². The number of hydrogen-bond donors (Lipinski definition) is 0. The third-order valence-corrected chi connectivity index (χ3v) is 5.64. The number of rotatable bonds is 4. The van der Waals surface area contributed by atoms with E-state index in [2.05, 4.69) is 31.9 Å². The quantitative estimate of drug-likeness (QED) is 0.513. The number of nitrogens with zero attached hydrogens (tertiary/aromatic N) is 1. The van der Waals surface area contributed by atoms with E-state index in [1.54, 1.807) is 30.3 Å². The number of methoxy groups -OCH3 is 1. The second-order valence-electron chi connectivity index (χ2n) is 5.37. The van der Waals surface area contributed by atoms with Gasteiger partial charge in [-0.15, -0.1) is 0 Å². The molecule has 8 heteroatoms. The molecule has 2 aromatic rings. The van der Waals surface area contributed by atoms with Crippen molar-refractivity contribution in [1.29, 1.82) is 0 Å². The standard InChI is InChI=1S/C18H12Br2FNO3S/c1-25-16-11(6-12(19)8-13(16)20)7-15-17(23)22(18(24)26-15)9-10-4-2-3-5-14(10)21/h2-8H,9H2,1H3/b15-7+. The van der Waals surface area contributed by atoms with Crippen LogP contribution in [0.2, 0.25) is 0 Å². The molecule has 1 fully saturated rings. The van der Waals surface area contributed by atoms with Crippen LogP contribution in [0.5, 0.6) is 5.75 Å². The van der Waals surface area contributed by atoms with Gasteiger partial charge < -0.3 is 4.74 Å². The van der Waals surface area contributed by atoms with Crippen LogP contribution in [-0.4, -0.2) is 23.2 Å². The van der Waals surface area contributed by atoms with E-state index in [1.807, 2.05) is 6.07 Å². The van der Waals surface area contributed by atoms with Crippen LogP contribution >= 0.6 is 43.6 Å². The van der Waals surface area contributed by atoms with E-state index < -0.39 is 17.0 Å². The van der Waals surface area contributed by atoms with E-state index in [0.717, 1.165) is 21.1 Å². The number of amides is 2. The summed E-state index contributed by atoms with van der Waals surface area (Å²) in [5.74, 6) is -0.358.